The van der Waals surface area contributed by atoms with E-state index in [4.69, 9.17) is 0 Å². The average molecular weight is 150 g/mol. The molecule has 0 spiro atoms. The van der Waals surface area contributed by atoms with Crippen LogP contribution in [0, 0.1) is 4.91 Å². The van der Waals surface area contributed by atoms with Crippen LogP contribution < -0.4 is 0 Å². The van der Waals surface area contributed by atoms with Crippen LogP contribution >= 0.6 is 0 Å². The molecule has 0 heterocycles. The van der Waals surface area contributed by atoms with Gasteiger partial charge < -0.3 is 4.74 Å². The Hall–Kier alpha value is -1.20. The van der Waals surface area contributed by atoms with Gasteiger partial charge in [-0.3, -0.25) is 0 Å². The standard InChI is InChI=1S/C4H7FN2O3/c1-7(6-9)4(8)10-3-2-5/h2-3H2,1H3. The molecule has 0 aromatic heterocycles. The maximum absolute atomic E-state index is 11.3. The first kappa shape index (κ1) is 8.80. The van der Waals surface area contributed by atoms with Gasteiger partial charge in [0.05, 0.1) is 5.29 Å². The van der Waals surface area contributed by atoms with Gasteiger partial charge in [-0.1, -0.05) is 0 Å². The van der Waals surface area contributed by atoms with Gasteiger partial charge in [0.15, 0.2) is 0 Å². The Labute approximate surface area is 56.7 Å². The quantitative estimate of drug-likeness (QED) is 0.439. The lowest BCUT2D eigenvalue weighted by Crippen LogP contribution is -2.22. The Balaban J connectivity index is 3.51. The summed E-state index contributed by atoms with van der Waals surface area (Å²) in [7, 11) is 1.12. The lowest BCUT2D eigenvalue weighted by atomic mass is 10.8. The number of hydrogen-bond acceptors (Lipinski definition) is 4. The number of alkyl halides is 1. The molecule has 0 aromatic carbocycles. The Kier molecular flexibility index (Phi) is 4.10. The fraction of sp³-hybridized carbons (Fsp3) is 0.750. The summed E-state index contributed by atoms with van der Waals surface area (Å²) >= 11 is 0. The molecule has 0 atom stereocenters. The van der Waals surface area contributed by atoms with Crippen LogP contribution in [0.3, 0.4) is 0 Å². The fourth-order valence-electron chi connectivity index (χ4n) is 0.253. The Bertz CT molecular complexity index is 130. The summed E-state index contributed by atoms with van der Waals surface area (Å²) in [5, 5.41) is 2.67. The minimum atomic E-state index is -0.951. The molecule has 0 unspecified atom stereocenters. The normalized spacial score (nSPS) is 8.60. The maximum Gasteiger partial charge on any atom is 0.432 e. The number of hydrogen-bond donors (Lipinski definition) is 0. The molecule has 0 N–H and O–H groups in total. The Morgan fingerprint density at radius 1 is 1.80 bits per heavy atom. The molecule has 0 bridgehead atoms. The van der Waals surface area contributed by atoms with Crippen LogP contribution in [0.25, 0.3) is 0 Å². The molecule has 10 heavy (non-hydrogen) atoms. The minimum Gasteiger partial charge on any atom is -0.445 e. The van der Waals surface area contributed by atoms with Crippen LogP contribution in [0.15, 0.2) is 5.29 Å². The van der Waals surface area contributed by atoms with Crippen molar-refractivity contribution in [1.29, 1.82) is 0 Å². The molecule has 0 aliphatic heterocycles. The molecule has 0 fully saturated rings. The average Bonchev–Trinajstić information content (AvgIpc) is 1.98. The number of halogens is 1. The van der Waals surface area contributed by atoms with Crippen LogP contribution in [-0.2, 0) is 4.74 Å². The van der Waals surface area contributed by atoms with E-state index in [-0.39, 0.29) is 6.61 Å². The molecule has 0 aliphatic carbocycles. The van der Waals surface area contributed by atoms with Gasteiger partial charge in [0, 0.05) is 7.05 Å². The third-order valence-electron chi connectivity index (χ3n) is 0.689. The molecule has 0 saturated heterocycles. The molecule has 6 heteroatoms. The van der Waals surface area contributed by atoms with Gasteiger partial charge in [0.25, 0.3) is 0 Å². The highest BCUT2D eigenvalue weighted by Gasteiger charge is 2.08. The second-order valence-corrected chi connectivity index (χ2v) is 1.41. The zero-order valence-corrected chi connectivity index (χ0v) is 5.41. The van der Waals surface area contributed by atoms with Crippen LogP contribution in [0.2, 0.25) is 0 Å². The predicted molar refractivity (Wildman–Crippen MR) is 30.9 cm³/mol. The highest BCUT2D eigenvalue weighted by molar-refractivity contribution is 5.66. The van der Waals surface area contributed by atoms with Gasteiger partial charge in [-0.15, -0.1) is 4.91 Å². The van der Waals surface area contributed by atoms with Crippen LogP contribution in [-0.4, -0.2) is 31.4 Å². The number of nitroso groups, excluding NO2 is 1. The van der Waals surface area contributed by atoms with Gasteiger partial charge in [0.2, 0.25) is 0 Å². The highest BCUT2D eigenvalue weighted by Crippen LogP contribution is 1.89. The third kappa shape index (κ3) is 2.95. The second-order valence-electron chi connectivity index (χ2n) is 1.41. The van der Waals surface area contributed by atoms with Crippen molar-refractivity contribution in [2.45, 2.75) is 0 Å². The number of nitrogens with zero attached hydrogens (tertiary/aromatic N) is 2. The van der Waals surface area contributed by atoms with E-state index in [0.717, 1.165) is 7.05 Å². The van der Waals surface area contributed by atoms with E-state index < -0.39 is 12.8 Å². The van der Waals surface area contributed by atoms with E-state index in [1.165, 1.54) is 0 Å². The van der Waals surface area contributed by atoms with Crippen molar-refractivity contribution < 1.29 is 13.9 Å². The summed E-state index contributed by atoms with van der Waals surface area (Å²) in [4.78, 5) is 20.0. The van der Waals surface area contributed by atoms with Crippen molar-refractivity contribution in [3.05, 3.63) is 4.91 Å². The zero-order chi connectivity index (χ0) is 7.98. The number of rotatable bonds is 3. The number of carbonyl (C=O) groups excluding carboxylic acids is 1. The summed E-state index contributed by atoms with van der Waals surface area (Å²) in [5.74, 6) is 0. The molecule has 0 radical (unpaired) electrons. The first-order chi connectivity index (χ1) is 4.72. The molecular weight excluding hydrogens is 143 g/mol. The molecule has 5 nitrogen and oxygen atoms in total. The van der Waals surface area contributed by atoms with E-state index in [2.05, 4.69) is 10.0 Å². The van der Waals surface area contributed by atoms with E-state index in [1.807, 2.05) is 0 Å². The smallest absolute Gasteiger partial charge is 0.432 e. The first-order valence-electron chi connectivity index (χ1n) is 2.52. The van der Waals surface area contributed by atoms with Gasteiger partial charge in [-0.05, 0) is 0 Å². The molecule has 0 saturated carbocycles. The van der Waals surface area contributed by atoms with Crippen molar-refractivity contribution in [1.82, 2.24) is 5.01 Å². The van der Waals surface area contributed by atoms with Crippen molar-refractivity contribution in [2.24, 2.45) is 5.29 Å². The van der Waals surface area contributed by atoms with E-state index in [0.29, 0.717) is 5.01 Å². The van der Waals surface area contributed by atoms with E-state index >= 15 is 0 Å². The number of amides is 1. The van der Waals surface area contributed by atoms with Crippen LogP contribution in [0.1, 0.15) is 0 Å². The molecule has 0 aliphatic rings. The minimum absolute atomic E-state index is 0.349. The molecule has 1 amide bonds. The van der Waals surface area contributed by atoms with Gasteiger partial charge in [-0.25, -0.2) is 9.18 Å². The van der Waals surface area contributed by atoms with Gasteiger partial charge >= 0.3 is 6.09 Å². The topological polar surface area (TPSA) is 59.0 Å². The van der Waals surface area contributed by atoms with E-state index in [1.54, 1.807) is 0 Å². The number of ether oxygens (including phenoxy) is 1. The van der Waals surface area contributed by atoms with Crippen LogP contribution in [0.4, 0.5) is 9.18 Å². The zero-order valence-electron chi connectivity index (χ0n) is 5.41. The Morgan fingerprint density at radius 3 is 2.80 bits per heavy atom. The van der Waals surface area contributed by atoms with Crippen molar-refractivity contribution >= 4 is 6.09 Å². The molecule has 0 aromatic rings. The molecular formula is C4H7FN2O3. The van der Waals surface area contributed by atoms with Crippen molar-refractivity contribution in [3.63, 3.8) is 0 Å². The lowest BCUT2D eigenvalue weighted by molar-refractivity contribution is 0.105. The highest BCUT2D eigenvalue weighted by atomic mass is 19.1. The largest absolute Gasteiger partial charge is 0.445 e. The SMILES string of the molecule is CN(N=O)C(=O)OCCF. The monoisotopic (exact) mass is 150 g/mol. The van der Waals surface area contributed by atoms with Gasteiger partial charge in [0.1, 0.15) is 13.3 Å². The molecule has 58 valence electrons. The van der Waals surface area contributed by atoms with Crippen molar-refractivity contribution in [2.75, 3.05) is 20.3 Å². The maximum atomic E-state index is 11.3. The fourth-order valence-corrected chi connectivity index (χ4v) is 0.253. The summed E-state index contributed by atoms with van der Waals surface area (Å²) in [6.07, 6.45) is -0.951. The van der Waals surface area contributed by atoms with Crippen LogP contribution in [0.5, 0.6) is 0 Å². The molecule has 0 rings (SSSR count). The predicted octanol–water partition coefficient (Wildman–Crippen LogP) is 0.706. The number of carbonyl (C=O) groups is 1. The second kappa shape index (κ2) is 4.66. The van der Waals surface area contributed by atoms with Gasteiger partial charge in [-0.2, -0.15) is 5.01 Å². The first-order valence-corrected chi connectivity index (χ1v) is 2.52. The summed E-state index contributed by atoms with van der Waals surface area (Å²) in [6.45, 7) is -1.11. The van der Waals surface area contributed by atoms with Crippen molar-refractivity contribution in [3.8, 4) is 0 Å². The van der Waals surface area contributed by atoms with E-state index in [9.17, 15) is 14.1 Å². The summed E-state index contributed by atoms with van der Waals surface area (Å²) in [6, 6.07) is 0. The Morgan fingerprint density at radius 2 is 2.40 bits per heavy atom. The third-order valence-corrected chi connectivity index (χ3v) is 0.689. The summed E-state index contributed by atoms with van der Waals surface area (Å²) in [5.41, 5.74) is 0. The summed E-state index contributed by atoms with van der Waals surface area (Å²) < 4.78 is 15.5. The lowest BCUT2D eigenvalue weighted by Gasteiger charge is -2.05.